The Kier molecular flexibility index (Phi) is 6.73. The lowest BCUT2D eigenvalue weighted by atomic mass is 10.1. The zero-order valence-electron chi connectivity index (χ0n) is 14.5. The average Bonchev–Trinajstić information content (AvgIpc) is 2.59. The van der Waals surface area contributed by atoms with Crippen LogP contribution in [0.3, 0.4) is 0 Å². The van der Waals surface area contributed by atoms with Crippen molar-refractivity contribution in [2.24, 2.45) is 0 Å². The van der Waals surface area contributed by atoms with Crippen LogP contribution in [-0.4, -0.2) is 73.3 Å². The van der Waals surface area contributed by atoms with Gasteiger partial charge in [-0.15, -0.1) is 0 Å². The van der Waals surface area contributed by atoms with Gasteiger partial charge in [0.25, 0.3) is 0 Å². The van der Waals surface area contributed by atoms with Crippen LogP contribution in [0.2, 0.25) is 0 Å². The fourth-order valence-corrected chi connectivity index (χ4v) is 2.74. The first-order chi connectivity index (χ1) is 11.5. The summed E-state index contributed by atoms with van der Waals surface area (Å²) in [6.07, 6.45) is 1.55. The third-order valence-corrected chi connectivity index (χ3v) is 4.30. The summed E-state index contributed by atoms with van der Waals surface area (Å²) >= 11 is 0. The minimum absolute atomic E-state index is 0.0970. The monoisotopic (exact) mass is 335 g/mol. The first kappa shape index (κ1) is 18.4. The number of rotatable bonds is 6. The Labute approximate surface area is 143 Å². The number of hydrogen-bond donors (Lipinski definition) is 0. The second-order valence-corrected chi connectivity index (χ2v) is 6.44. The Bertz CT molecular complexity index is 552. The molecule has 0 radical (unpaired) electrons. The molecule has 24 heavy (non-hydrogen) atoms. The molecule has 0 saturated carbocycles. The molecule has 0 spiro atoms. The van der Waals surface area contributed by atoms with Gasteiger partial charge in [0.2, 0.25) is 11.8 Å². The molecule has 0 aliphatic carbocycles. The molecule has 0 atom stereocenters. The van der Waals surface area contributed by atoms with Gasteiger partial charge >= 0.3 is 0 Å². The number of hydrogen-bond acceptors (Lipinski definition) is 3. The van der Waals surface area contributed by atoms with Gasteiger partial charge in [-0.2, -0.15) is 0 Å². The standard InChI is InChI=1S/C18H26FN3O2/c1-20(2)10-9-18(24)22-13-11-21(12-14-22)17(23)8-5-15-3-6-16(19)7-4-15/h3-4,6-7H,5,8-14H2,1-2H3. The summed E-state index contributed by atoms with van der Waals surface area (Å²) in [5, 5.41) is 0. The van der Waals surface area contributed by atoms with E-state index in [1.54, 1.807) is 12.1 Å². The molecule has 0 aromatic heterocycles. The van der Waals surface area contributed by atoms with Gasteiger partial charge in [-0.3, -0.25) is 9.59 Å². The van der Waals surface area contributed by atoms with Crippen LogP contribution in [0.5, 0.6) is 0 Å². The molecular weight excluding hydrogens is 309 g/mol. The summed E-state index contributed by atoms with van der Waals surface area (Å²) < 4.78 is 12.9. The summed E-state index contributed by atoms with van der Waals surface area (Å²) in [4.78, 5) is 30.0. The second kappa shape index (κ2) is 8.78. The number of benzene rings is 1. The third kappa shape index (κ3) is 5.60. The highest BCUT2D eigenvalue weighted by atomic mass is 19.1. The lowest BCUT2D eigenvalue weighted by Crippen LogP contribution is -2.51. The summed E-state index contributed by atoms with van der Waals surface area (Å²) in [7, 11) is 3.90. The van der Waals surface area contributed by atoms with Crippen LogP contribution in [0, 0.1) is 5.82 Å². The minimum Gasteiger partial charge on any atom is -0.339 e. The molecule has 1 aromatic carbocycles. The minimum atomic E-state index is -0.264. The Morgan fingerprint density at radius 3 is 1.96 bits per heavy atom. The first-order valence-corrected chi connectivity index (χ1v) is 8.40. The number of carbonyl (C=O) groups excluding carboxylic acids is 2. The smallest absolute Gasteiger partial charge is 0.223 e. The van der Waals surface area contributed by atoms with Crippen LogP contribution in [-0.2, 0) is 16.0 Å². The molecule has 0 bridgehead atoms. The van der Waals surface area contributed by atoms with Gasteiger partial charge in [-0.25, -0.2) is 4.39 Å². The third-order valence-electron chi connectivity index (χ3n) is 4.30. The van der Waals surface area contributed by atoms with Crippen molar-refractivity contribution in [1.82, 2.24) is 14.7 Å². The van der Waals surface area contributed by atoms with E-state index >= 15 is 0 Å². The molecule has 1 aliphatic heterocycles. The van der Waals surface area contributed by atoms with Crippen LogP contribution in [0.1, 0.15) is 18.4 Å². The van der Waals surface area contributed by atoms with Crippen LogP contribution in [0.15, 0.2) is 24.3 Å². The summed E-state index contributed by atoms with van der Waals surface area (Å²) in [5.41, 5.74) is 0.960. The van der Waals surface area contributed by atoms with Gasteiger partial charge < -0.3 is 14.7 Å². The normalized spacial score (nSPS) is 15.0. The van der Waals surface area contributed by atoms with Gasteiger partial charge in [0.1, 0.15) is 5.82 Å². The van der Waals surface area contributed by atoms with Gasteiger partial charge in [0.15, 0.2) is 0 Å². The largest absolute Gasteiger partial charge is 0.339 e. The molecule has 5 nitrogen and oxygen atoms in total. The summed E-state index contributed by atoms with van der Waals surface area (Å²) in [6, 6.07) is 6.25. The number of nitrogens with zero attached hydrogens (tertiary/aromatic N) is 3. The molecule has 1 fully saturated rings. The molecule has 2 rings (SSSR count). The molecule has 1 heterocycles. The number of piperazine rings is 1. The van der Waals surface area contributed by atoms with Gasteiger partial charge in [0.05, 0.1) is 0 Å². The van der Waals surface area contributed by atoms with E-state index in [0.717, 1.165) is 12.1 Å². The number of aryl methyl sites for hydroxylation is 1. The van der Waals surface area contributed by atoms with E-state index in [4.69, 9.17) is 0 Å². The van der Waals surface area contributed by atoms with E-state index in [0.29, 0.717) is 45.4 Å². The van der Waals surface area contributed by atoms with Crippen LogP contribution < -0.4 is 0 Å². The molecule has 0 unspecified atom stereocenters. The van der Waals surface area contributed by atoms with Gasteiger partial charge in [-0.1, -0.05) is 12.1 Å². The second-order valence-electron chi connectivity index (χ2n) is 6.44. The fourth-order valence-electron chi connectivity index (χ4n) is 2.74. The van der Waals surface area contributed by atoms with Crippen molar-refractivity contribution < 1.29 is 14.0 Å². The average molecular weight is 335 g/mol. The van der Waals surface area contributed by atoms with Crippen LogP contribution in [0.25, 0.3) is 0 Å². The number of amides is 2. The Balaban J connectivity index is 1.72. The van der Waals surface area contributed by atoms with E-state index < -0.39 is 0 Å². The van der Waals surface area contributed by atoms with E-state index in [1.807, 2.05) is 28.8 Å². The van der Waals surface area contributed by atoms with Crippen molar-refractivity contribution in [1.29, 1.82) is 0 Å². The van der Waals surface area contributed by atoms with E-state index in [9.17, 15) is 14.0 Å². The number of carbonyl (C=O) groups is 2. The highest BCUT2D eigenvalue weighted by Gasteiger charge is 2.23. The molecule has 132 valence electrons. The molecule has 1 saturated heterocycles. The zero-order valence-corrected chi connectivity index (χ0v) is 14.5. The topological polar surface area (TPSA) is 43.9 Å². The van der Waals surface area contributed by atoms with E-state index in [2.05, 4.69) is 0 Å². The van der Waals surface area contributed by atoms with Crippen molar-refractivity contribution in [3.63, 3.8) is 0 Å². The summed E-state index contributed by atoms with van der Waals surface area (Å²) in [6.45, 7) is 3.14. The van der Waals surface area contributed by atoms with Crippen LogP contribution >= 0.6 is 0 Å². The van der Waals surface area contributed by atoms with Crippen LogP contribution in [0.4, 0.5) is 4.39 Å². The van der Waals surface area contributed by atoms with Crippen molar-refractivity contribution in [2.45, 2.75) is 19.3 Å². The van der Waals surface area contributed by atoms with Crippen molar-refractivity contribution in [2.75, 3.05) is 46.8 Å². The summed E-state index contributed by atoms with van der Waals surface area (Å²) in [5.74, 6) is -0.0121. The quantitative estimate of drug-likeness (QED) is 0.789. The van der Waals surface area contributed by atoms with Crippen molar-refractivity contribution >= 4 is 11.8 Å². The lowest BCUT2D eigenvalue weighted by Gasteiger charge is -2.35. The van der Waals surface area contributed by atoms with Gasteiger partial charge in [0, 0.05) is 45.6 Å². The predicted molar refractivity (Wildman–Crippen MR) is 91.1 cm³/mol. The Hall–Kier alpha value is -1.95. The van der Waals surface area contributed by atoms with Crippen molar-refractivity contribution in [3.05, 3.63) is 35.6 Å². The molecule has 0 N–H and O–H groups in total. The lowest BCUT2D eigenvalue weighted by molar-refractivity contribution is -0.139. The maximum Gasteiger partial charge on any atom is 0.223 e. The predicted octanol–water partition coefficient (Wildman–Crippen LogP) is 1.38. The molecular formula is C18H26FN3O2. The number of halogens is 1. The fraction of sp³-hybridized carbons (Fsp3) is 0.556. The highest BCUT2D eigenvalue weighted by Crippen LogP contribution is 2.10. The van der Waals surface area contributed by atoms with Crippen molar-refractivity contribution in [3.8, 4) is 0 Å². The maximum absolute atomic E-state index is 12.9. The molecule has 2 amide bonds. The van der Waals surface area contributed by atoms with E-state index in [1.165, 1.54) is 12.1 Å². The molecule has 6 heteroatoms. The van der Waals surface area contributed by atoms with Gasteiger partial charge in [-0.05, 0) is 38.2 Å². The Morgan fingerprint density at radius 2 is 1.46 bits per heavy atom. The zero-order chi connectivity index (χ0) is 17.5. The SMILES string of the molecule is CN(C)CCC(=O)N1CCN(C(=O)CCc2ccc(F)cc2)CC1. The van der Waals surface area contributed by atoms with E-state index in [-0.39, 0.29) is 17.6 Å². The Morgan fingerprint density at radius 1 is 0.958 bits per heavy atom. The molecule has 1 aromatic rings. The molecule has 1 aliphatic rings. The first-order valence-electron chi connectivity index (χ1n) is 8.40. The maximum atomic E-state index is 12.9. The highest BCUT2D eigenvalue weighted by molar-refractivity contribution is 5.78.